The molecule has 3 heteroatoms. The van der Waals surface area contributed by atoms with Gasteiger partial charge in [0.05, 0.1) is 6.17 Å². The third-order valence-electron chi connectivity index (χ3n) is 4.50. The van der Waals surface area contributed by atoms with Crippen LogP contribution in [0.3, 0.4) is 0 Å². The minimum atomic E-state index is -0.192. The van der Waals surface area contributed by atoms with Gasteiger partial charge in [0.1, 0.15) is 0 Å². The molecule has 3 aromatic carbocycles. The van der Waals surface area contributed by atoms with E-state index in [-0.39, 0.29) is 12.2 Å². The van der Waals surface area contributed by atoms with Gasteiger partial charge in [0.2, 0.25) is 0 Å². The minimum Gasteiger partial charge on any atom is -0.312 e. The van der Waals surface area contributed by atoms with Gasteiger partial charge in [0.25, 0.3) is 0 Å². The molecule has 3 nitrogen and oxygen atoms in total. The molecule has 2 atom stereocenters. The Balaban J connectivity index is 1.77. The maximum Gasteiger partial charge on any atom is 0.0816 e. The first-order chi connectivity index (χ1) is 11.7. The van der Waals surface area contributed by atoms with Gasteiger partial charge in [0, 0.05) is 12.6 Å². The molecular formula is C21H25N3. The molecule has 0 saturated heterocycles. The number of rotatable bonds is 6. The lowest BCUT2D eigenvalue weighted by atomic mass is 10.0. The molecule has 0 amide bonds. The van der Waals surface area contributed by atoms with Gasteiger partial charge in [-0.05, 0) is 36.0 Å². The van der Waals surface area contributed by atoms with Crippen LogP contribution in [0, 0.1) is 0 Å². The zero-order valence-corrected chi connectivity index (χ0v) is 14.3. The van der Waals surface area contributed by atoms with Gasteiger partial charge in [-0.15, -0.1) is 0 Å². The number of nitrogens with zero attached hydrogens (tertiary/aromatic N) is 1. The van der Waals surface area contributed by atoms with Gasteiger partial charge >= 0.3 is 0 Å². The van der Waals surface area contributed by atoms with E-state index in [0.717, 1.165) is 12.1 Å². The summed E-state index contributed by atoms with van der Waals surface area (Å²) >= 11 is 0. The predicted octanol–water partition coefficient (Wildman–Crippen LogP) is 3.69. The van der Waals surface area contributed by atoms with Crippen LogP contribution in [0.4, 0.5) is 0 Å². The molecule has 24 heavy (non-hydrogen) atoms. The van der Waals surface area contributed by atoms with Crippen molar-refractivity contribution in [2.24, 2.45) is 5.73 Å². The van der Waals surface area contributed by atoms with Crippen LogP contribution in [-0.4, -0.2) is 25.5 Å². The van der Waals surface area contributed by atoms with Crippen LogP contribution in [0.2, 0.25) is 0 Å². The first-order valence-corrected chi connectivity index (χ1v) is 8.35. The van der Waals surface area contributed by atoms with Gasteiger partial charge in [-0.1, -0.05) is 72.8 Å². The average Bonchev–Trinajstić information content (AvgIpc) is 2.62. The van der Waals surface area contributed by atoms with Gasteiger partial charge in [0.15, 0.2) is 0 Å². The fourth-order valence-corrected chi connectivity index (χ4v) is 3.14. The van der Waals surface area contributed by atoms with Crippen molar-refractivity contribution in [3.05, 3.63) is 83.9 Å². The van der Waals surface area contributed by atoms with E-state index in [1.54, 1.807) is 0 Å². The molecule has 3 aromatic rings. The summed E-state index contributed by atoms with van der Waals surface area (Å²) in [6.45, 7) is 0.793. The Bertz CT molecular complexity index is 778. The highest BCUT2D eigenvalue weighted by atomic mass is 15.1. The highest BCUT2D eigenvalue weighted by Gasteiger charge is 2.16. The van der Waals surface area contributed by atoms with E-state index in [4.69, 9.17) is 5.73 Å². The molecule has 0 heterocycles. The van der Waals surface area contributed by atoms with Crippen molar-refractivity contribution in [3.8, 4) is 0 Å². The second kappa shape index (κ2) is 7.58. The zero-order valence-electron chi connectivity index (χ0n) is 14.3. The molecule has 0 fully saturated rings. The fourth-order valence-electron chi connectivity index (χ4n) is 3.14. The summed E-state index contributed by atoms with van der Waals surface area (Å²) in [7, 11) is 4.20. The Morgan fingerprint density at radius 3 is 2.29 bits per heavy atom. The van der Waals surface area contributed by atoms with E-state index in [0.29, 0.717) is 0 Å². The topological polar surface area (TPSA) is 41.3 Å². The number of hydrogen-bond donors (Lipinski definition) is 2. The molecule has 0 aliphatic carbocycles. The van der Waals surface area contributed by atoms with E-state index in [2.05, 4.69) is 91.0 Å². The lowest BCUT2D eigenvalue weighted by molar-refractivity contribution is 0.280. The van der Waals surface area contributed by atoms with Crippen LogP contribution in [0.5, 0.6) is 0 Å². The van der Waals surface area contributed by atoms with Crippen molar-refractivity contribution in [1.82, 2.24) is 10.2 Å². The zero-order chi connectivity index (χ0) is 16.9. The summed E-state index contributed by atoms with van der Waals surface area (Å²) < 4.78 is 0. The Morgan fingerprint density at radius 2 is 1.54 bits per heavy atom. The quantitative estimate of drug-likeness (QED) is 0.681. The Kier molecular flexibility index (Phi) is 5.26. The molecule has 0 radical (unpaired) electrons. The van der Waals surface area contributed by atoms with Crippen LogP contribution < -0.4 is 11.1 Å². The maximum atomic E-state index is 6.46. The van der Waals surface area contributed by atoms with Gasteiger partial charge in [-0.3, -0.25) is 5.32 Å². The van der Waals surface area contributed by atoms with E-state index in [9.17, 15) is 0 Å². The number of nitrogens with two attached hydrogens (primary N) is 1. The van der Waals surface area contributed by atoms with Crippen molar-refractivity contribution in [3.63, 3.8) is 0 Å². The summed E-state index contributed by atoms with van der Waals surface area (Å²) in [4.78, 5) is 2.22. The smallest absolute Gasteiger partial charge is 0.0816 e. The number of hydrogen-bond acceptors (Lipinski definition) is 3. The van der Waals surface area contributed by atoms with Gasteiger partial charge in [-0.25, -0.2) is 0 Å². The molecule has 2 unspecified atom stereocenters. The number of fused-ring (bicyclic) bond motifs is 1. The number of benzene rings is 3. The molecule has 0 saturated carbocycles. The van der Waals surface area contributed by atoms with Crippen LogP contribution in [-0.2, 0) is 0 Å². The first kappa shape index (κ1) is 16.7. The molecule has 0 aromatic heterocycles. The molecule has 0 aliphatic rings. The van der Waals surface area contributed by atoms with Crippen LogP contribution in [0.1, 0.15) is 23.3 Å². The predicted molar refractivity (Wildman–Crippen MR) is 102 cm³/mol. The molecule has 3 rings (SSSR count). The summed E-state index contributed by atoms with van der Waals surface area (Å²) in [6, 6.07) is 25.5. The second-order valence-electron chi connectivity index (χ2n) is 6.34. The van der Waals surface area contributed by atoms with Crippen molar-refractivity contribution in [2.45, 2.75) is 12.2 Å². The van der Waals surface area contributed by atoms with Crippen molar-refractivity contribution in [2.75, 3.05) is 20.6 Å². The molecule has 124 valence electrons. The van der Waals surface area contributed by atoms with Crippen molar-refractivity contribution < 1.29 is 0 Å². The maximum absolute atomic E-state index is 6.46. The first-order valence-electron chi connectivity index (χ1n) is 8.35. The van der Waals surface area contributed by atoms with E-state index in [1.807, 2.05) is 6.07 Å². The van der Waals surface area contributed by atoms with E-state index < -0.39 is 0 Å². The summed E-state index contributed by atoms with van der Waals surface area (Å²) in [5, 5.41) is 5.94. The Morgan fingerprint density at radius 1 is 0.875 bits per heavy atom. The number of likely N-dealkylation sites (N-methyl/N-ethyl adjacent to an activating group) is 1. The lowest BCUT2D eigenvalue weighted by Gasteiger charge is -2.27. The third kappa shape index (κ3) is 3.65. The molecule has 0 aliphatic heterocycles. The molecular weight excluding hydrogens is 294 g/mol. The average molecular weight is 319 g/mol. The SMILES string of the molecule is CN(C)C(CNC(N)c1cccc2ccccc12)c1ccccc1. The summed E-state index contributed by atoms with van der Waals surface area (Å²) in [5.41, 5.74) is 8.89. The summed E-state index contributed by atoms with van der Waals surface area (Å²) in [5.74, 6) is 0. The molecule has 0 bridgehead atoms. The van der Waals surface area contributed by atoms with Gasteiger partial charge < -0.3 is 10.6 Å². The Hall–Kier alpha value is -2.20. The fraction of sp³-hybridized carbons (Fsp3) is 0.238. The molecule has 0 spiro atoms. The van der Waals surface area contributed by atoms with Crippen molar-refractivity contribution in [1.29, 1.82) is 0 Å². The third-order valence-corrected chi connectivity index (χ3v) is 4.50. The summed E-state index contributed by atoms with van der Waals surface area (Å²) in [6.07, 6.45) is -0.192. The Labute approximate surface area is 144 Å². The monoisotopic (exact) mass is 319 g/mol. The standard InChI is InChI=1S/C21H25N3/c1-24(2)20(17-10-4-3-5-11-17)15-23-21(22)19-14-8-12-16-9-6-7-13-18(16)19/h3-14,20-21,23H,15,22H2,1-2H3. The largest absolute Gasteiger partial charge is 0.312 e. The van der Waals surface area contributed by atoms with Crippen molar-refractivity contribution >= 4 is 10.8 Å². The number of nitrogens with one attached hydrogen (secondary N) is 1. The second-order valence-corrected chi connectivity index (χ2v) is 6.34. The van der Waals surface area contributed by atoms with Gasteiger partial charge in [-0.2, -0.15) is 0 Å². The van der Waals surface area contributed by atoms with Crippen LogP contribution >= 0.6 is 0 Å². The van der Waals surface area contributed by atoms with Crippen LogP contribution in [0.25, 0.3) is 10.8 Å². The lowest BCUT2D eigenvalue weighted by Crippen LogP contribution is -2.36. The highest BCUT2D eigenvalue weighted by Crippen LogP contribution is 2.23. The minimum absolute atomic E-state index is 0.192. The molecule has 3 N–H and O–H groups in total. The van der Waals surface area contributed by atoms with E-state index >= 15 is 0 Å². The van der Waals surface area contributed by atoms with E-state index in [1.165, 1.54) is 16.3 Å². The van der Waals surface area contributed by atoms with Crippen LogP contribution in [0.15, 0.2) is 72.8 Å². The highest BCUT2D eigenvalue weighted by molar-refractivity contribution is 5.86. The normalized spacial score (nSPS) is 14.0.